The summed E-state index contributed by atoms with van der Waals surface area (Å²) in [5.74, 6) is -0.0593. The van der Waals surface area contributed by atoms with Gasteiger partial charge in [-0.3, -0.25) is 4.79 Å². The van der Waals surface area contributed by atoms with E-state index in [0.29, 0.717) is 24.2 Å². The number of carbonyl (C=O) groups excluding carboxylic acids is 1. The predicted octanol–water partition coefficient (Wildman–Crippen LogP) is 3.90. The molecule has 0 amide bonds. The van der Waals surface area contributed by atoms with Crippen LogP contribution < -0.4 is 4.74 Å². The van der Waals surface area contributed by atoms with Crippen molar-refractivity contribution in [2.24, 2.45) is 0 Å². The van der Waals surface area contributed by atoms with Crippen molar-refractivity contribution < 1.29 is 18.7 Å². The zero-order valence-electron chi connectivity index (χ0n) is 12.1. The minimum absolute atomic E-state index is 0.0716. The molecule has 2 fully saturated rings. The molecule has 3 rings (SSSR count). The summed E-state index contributed by atoms with van der Waals surface area (Å²) in [5.41, 5.74) is 0.364. The van der Waals surface area contributed by atoms with Gasteiger partial charge in [-0.15, -0.1) is 0 Å². The Morgan fingerprint density at radius 2 is 2.05 bits per heavy atom. The van der Waals surface area contributed by atoms with Crippen molar-refractivity contribution >= 4 is 6.29 Å². The number of halogens is 1. The molecule has 1 unspecified atom stereocenters. The molecule has 1 aliphatic heterocycles. The maximum Gasteiger partial charge on any atom is 0.150 e. The lowest BCUT2D eigenvalue weighted by Gasteiger charge is -2.33. The highest BCUT2D eigenvalue weighted by Gasteiger charge is 2.40. The second kappa shape index (κ2) is 6.14. The molecule has 0 radical (unpaired) electrons. The molecule has 1 heterocycles. The van der Waals surface area contributed by atoms with Gasteiger partial charge < -0.3 is 9.47 Å². The summed E-state index contributed by atoms with van der Waals surface area (Å²) in [7, 11) is 0. The Hall–Kier alpha value is -1.42. The summed E-state index contributed by atoms with van der Waals surface area (Å²) in [6.45, 7) is 0.420. The molecule has 0 N–H and O–H groups in total. The van der Waals surface area contributed by atoms with Crippen molar-refractivity contribution in [1.82, 2.24) is 0 Å². The summed E-state index contributed by atoms with van der Waals surface area (Å²) in [6.07, 6.45) is 8.91. The Labute approximate surface area is 124 Å². The van der Waals surface area contributed by atoms with Crippen molar-refractivity contribution in [3.63, 3.8) is 0 Å². The average Bonchev–Trinajstić information content (AvgIpc) is 2.88. The Kier molecular flexibility index (Phi) is 4.24. The van der Waals surface area contributed by atoms with E-state index in [0.717, 1.165) is 25.7 Å². The minimum Gasteiger partial charge on any atom is -0.491 e. The van der Waals surface area contributed by atoms with E-state index in [2.05, 4.69) is 0 Å². The summed E-state index contributed by atoms with van der Waals surface area (Å²) in [5, 5.41) is 0. The Morgan fingerprint density at radius 3 is 2.81 bits per heavy atom. The van der Waals surface area contributed by atoms with Crippen LogP contribution in [0.5, 0.6) is 5.75 Å². The maximum absolute atomic E-state index is 13.3. The lowest BCUT2D eigenvalue weighted by molar-refractivity contribution is -0.0748. The molecule has 1 aliphatic carbocycles. The van der Waals surface area contributed by atoms with Crippen molar-refractivity contribution in [3.8, 4) is 5.75 Å². The highest BCUT2D eigenvalue weighted by molar-refractivity contribution is 5.75. The minimum atomic E-state index is -0.453. The molecule has 2 aliphatic rings. The first-order chi connectivity index (χ1) is 10.2. The molecule has 3 nitrogen and oxygen atoms in total. The number of hydrogen-bond acceptors (Lipinski definition) is 3. The van der Waals surface area contributed by atoms with Gasteiger partial charge in [0, 0.05) is 11.6 Å². The van der Waals surface area contributed by atoms with E-state index in [1.807, 2.05) is 0 Å². The molecule has 0 aromatic heterocycles. The molecule has 4 heteroatoms. The predicted molar refractivity (Wildman–Crippen MR) is 77.2 cm³/mol. The molecule has 1 saturated heterocycles. The van der Waals surface area contributed by atoms with E-state index in [4.69, 9.17) is 9.47 Å². The van der Waals surface area contributed by atoms with Gasteiger partial charge in [0.15, 0.2) is 0 Å². The smallest absolute Gasteiger partial charge is 0.150 e. The molecule has 114 valence electrons. The SMILES string of the molecule is O=Cc1cc(F)cc(OCC2CCC3(CCCCC3)O2)c1. The lowest BCUT2D eigenvalue weighted by atomic mass is 9.83. The Morgan fingerprint density at radius 1 is 1.24 bits per heavy atom. The Bertz CT molecular complexity index is 509. The van der Waals surface area contributed by atoms with Crippen LogP contribution in [0.25, 0.3) is 0 Å². The second-order valence-corrected chi connectivity index (χ2v) is 6.17. The van der Waals surface area contributed by atoms with Gasteiger partial charge in [-0.05, 0) is 37.8 Å². The molecule has 1 saturated carbocycles. The van der Waals surface area contributed by atoms with Gasteiger partial charge in [0.25, 0.3) is 0 Å². The fourth-order valence-electron chi connectivity index (χ4n) is 3.50. The second-order valence-electron chi connectivity index (χ2n) is 6.17. The van der Waals surface area contributed by atoms with Crippen LogP contribution >= 0.6 is 0 Å². The van der Waals surface area contributed by atoms with Gasteiger partial charge in [-0.25, -0.2) is 4.39 Å². The third-order valence-corrected chi connectivity index (χ3v) is 4.57. The first kappa shape index (κ1) is 14.5. The quantitative estimate of drug-likeness (QED) is 0.790. The molecule has 1 aromatic rings. The molecule has 21 heavy (non-hydrogen) atoms. The normalized spacial score (nSPS) is 24.1. The number of ether oxygens (including phenoxy) is 2. The van der Waals surface area contributed by atoms with Gasteiger partial charge in [-0.2, -0.15) is 0 Å². The molecule has 1 aromatic carbocycles. The van der Waals surface area contributed by atoms with Gasteiger partial charge in [0.1, 0.15) is 24.5 Å². The lowest BCUT2D eigenvalue weighted by Crippen LogP contribution is -2.32. The Balaban J connectivity index is 1.56. The van der Waals surface area contributed by atoms with Crippen LogP contribution in [0.4, 0.5) is 4.39 Å². The van der Waals surface area contributed by atoms with Crippen LogP contribution in [0.2, 0.25) is 0 Å². The fraction of sp³-hybridized carbons (Fsp3) is 0.588. The molecular weight excluding hydrogens is 271 g/mol. The third kappa shape index (κ3) is 3.43. The van der Waals surface area contributed by atoms with E-state index < -0.39 is 5.82 Å². The van der Waals surface area contributed by atoms with E-state index in [-0.39, 0.29) is 11.7 Å². The van der Waals surface area contributed by atoms with Crippen molar-refractivity contribution in [1.29, 1.82) is 0 Å². The van der Waals surface area contributed by atoms with Crippen LogP contribution in [0.3, 0.4) is 0 Å². The molecule has 0 bridgehead atoms. The largest absolute Gasteiger partial charge is 0.491 e. The summed E-state index contributed by atoms with van der Waals surface area (Å²) in [4.78, 5) is 10.7. The zero-order valence-corrected chi connectivity index (χ0v) is 12.1. The standard InChI is InChI=1S/C17H21FO3/c18-14-8-13(11-19)9-16(10-14)20-12-15-4-7-17(21-15)5-2-1-3-6-17/h8-11,15H,1-7,12H2. The monoisotopic (exact) mass is 292 g/mol. The van der Waals surface area contributed by atoms with E-state index >= 15 is 0 Å². The van der Waals surface area contributed by atoms with E-state index in [1.54, 1.807) is 6.07 Å². The highest BCUT2D eigenvalue weighted by Crippen LogP contribution is 2.41. The maximum atomic E-state index is 13.3. The van der Waals surface area contributed by atoms with Crippen molar-refractivity contribution in [2.75, 3.05) is 6.61 Å². The summed E-state index contributed by atoms with van der Waals surface area (Å²) < 4.78 is 25.2. The number of rotatable bonds is 4. The summed E-state index contributed by atoms with van der Waals surface area (Å²) >= 11 is 0. The molecular formula is C17H21FO3. The number of carbonyl (C=O) groups is 1. The van der Waals surface area contributed by atoms with Crippen LogP contribution in [0, 0.1) is 5.82 Å². The van der Waals surface area contributed by atoms with Crippen molar-refractivity contribution in [2.45, 2.75) is 56.7 Å². The van der Waals surface area contributed by atoms with E-state index in [1.165, 1.54) is 31.4 Å². The topological polar surface area (TPSA) is 35.5 Å². The number of hydrogen-bond donors (Lipinski definition) is 0. The first-order valence-electron chi connectivity index (χ1n) is 7.76. The van der Waals surface area contributed by atoms with Crippen LogP contribution in [-0.2, 0) is 4.74 Å². The third-order valence-electron chi connectivity index (χ3n) is 4.57. The highest BCUT2D eigenvalue weighted by atomic mass is 19.1. The van der Waals surface area contributed by atoms with Gasteiger partial charge in [0.05, 0.1) is 11.7 Å². The number of aldehydes is 1. The average molecular weight is 292 g/mol. The summed E-state index contributed by atoms with van der Waals surface area (Å²) in [6, 6.07) is 4.06. The van der Waals surface area contributed by atoms with Gasteiger partial charge in [0.2, 0.25) is 0 Å². The van der Waals surface area contributed by atoms with Crippen LogP contribution in [0.15, 0.2) is 18.2 Å². The van der Waals surface area contributed by atoms with Gasteiger partial charge >= 0.3 is 0 Å². The van der Waals surface area contributed by atoms with Gasteiger partial charge in [-0.1, -0.05) is 19.3 Å². The molecule has 1 atom stereocenters. The molecule has 1 spiro atoms. The van der Waals surface area contributed by atoms with Crippen molar-refractivity contribution in [3.05, 3.63) is 29.6 Å². The fourth-order valence-corrected chi connectivity index (χ4v) is 3.50. The first-order valence-corrected chi connectivity index (χ1v) is 7.76. The van der Waals surface area contributed by atoms with Crippen LogP contribution in [-0.4, -0.2) is 24.6 Å². The van der Waals surface area contributed by atoms with Crippen LogP contribution in [0.1, 0.15) is 55.3 Å². The van der Waals surface area contributed by atoms with E-state index in [9.17, 15) is 9.18 Å². The zero-order chi connectivity index (χ0) is 14.7. The number of benzene rings is 1.